The van der Waals surface area contributed by atoms with Gasteiger partial charge >= 0.3 is 5.97 Å². The second kappa shape index (κ2) is 6.78. The van der Waals surface area contributed by atoms with Crippen molar-refractivity contribution in [3.05, 3.63) is 53.6 Å². The molecular formula is C21H23NO5. The van der Waals surface area contributed by atoms with Crippen LogP contribution in [0.3, 0.4) is 0 Å². The van der Waals surface area contributed by atoms with Crippen molar-refractivity contribution in [3.63, 3.8) is 0 Å². The molecule has 2 aromatic rings. The molecule has 0 radical (unpaired) electrons. The van der Waals surface area contributed by atoms with E-state index in [4.69, 9.17) is 14.2 Å². The summed E-state index contributed by atoms with van der Waals surface area (Å²) in [7, 11) is 3.25. The van der Waals surface area contributed by atoms with Crippen LogP contribution in [0.5, 0.6) is 17.2 Å². The second-order valence-electron chi connectivity index (χ2n) is 7.22. The van der Waals surface area contributed by atoms with Gasteiger partial charge in [-0.2, -0.15) is 0 Å². The maximum atomic E-state index is 12.2. The summed E-state index contributed by atoms with van der Waals surface area (Å²) in [6, 6.07) is 13.5. The van der Waals surface area contributed by atoms with Crippen molar-refractivity contribution in [3.8, 4) is 17.2 Å². The number of aliphatic carboxylic acids is 1. The molecule has 27 heavy (non-hydrogen) atoms. The molecule has 1 N–H and O–H groups in total. The zero-order chi connectivity index (χ0) is 19.0. The van der Waals surface area contributed by atoms with Crippen molar-refractivity contribution in [1.29, 1.82) is 0 Å². The third kappa shape index (κ3) is 3.00. The smallest absolute Gasteiger partial charge is 0.315 e. The quantitative estimate of drug-likeness (QED) is 0.874. The Hall–Kier alpha value is -2.73. The number of benzene rings is 2. The van der Waals surface area contributed by atoms with Gasteiger partial charge in [0.15, 0.2) is 0 Å². The molecule has 2 aliphatic rings. The van der Waals surface area contributed by atoms with E-state index >= 15 is 0 Å². The van der Waals surface area contributed by atoms with Gasteiger partial charge in [0.2, 0.25) is 0 Å². The normalized spacial score (nSPS) is 23.9. The molecule has 1 saturated heterocycles. The summed E-state index contributed by atoms with van der Waals surface area (Å²) < 4.78 is 16.3. The Morgan fingerprint density at radius 1 is 1.19 bits per heavy atom. The highest BCUT2D eigenvalue weighted by Gasteiger charge is 2.56. The van der Waals surface area contributed by atoms with E-state index in [1.165, 1.54) is 0 Å². The van der Waals surface area contributed by atoms with Crippen LogP contribution in [0.15, 0.2) is 42.5 Å². The third-order valence-electron chi connectivity index (χ3n) is 5.69. The molecule has 0 saturated carbocycles. The van der Waals surface area contributed by atoms with Crippen LogP contribution >= 0.6 is 0 Å². The van der Waals surface area contributed by atoms with Crippen molar-refractivity contribution in [2.24, 2.45) is 5.41 Å². The van der Waals surface area contributed by atoms with E-state index < -0.39 is 11.4 Å². The number of carboxylic acids is 1. The molecular weight excluding hydrogens is 346 g/mol. The number of fused-ring (bicyclic) bond motifs is 3. The molecule has 142 valence electrons. The van der Waals surface area contributed by atoms with Gasteiger partial charge in [-0.15, -0.1) is 0 Å². The summed E-state index contributed by atoms with van der Waals surface area (Å²) in [4.78, 5) is 14.4. The average molecular weight is 369 g/mol. The second-order valence-corrected chi connectivity index (χ2v) is 7.22. The molecule has 2 aromatic carbocycles. The maximum absolute atomic E-state index is 12.2. The highest BCUT2D eigenvalue weighted by Crippen LogP contribution is 2.50. The lowest BCUT2D eigenvalue weighted by molar-refractivity contribution is -0.151. The fraction of sp³-hybridized carbons (Fsp3) is 0.381. The van der Waals surface area contributed by atoms with Crippen LogP contribution in [0.1, 0.15) is 17.0 Å². The van der Waals surface area contributed by atoms with Gasteiger partial charge in [-0.3, -0.25) is 9.69 Å². The molecule has 4 rings (SSSR count). The predicted octanol–water partition coefficient (Wildman–Crippen LogP) is 2.77. The molecule has 2 aliphatic heterocycles. The monoisotopic (exact) mass is 369 g/mol. The predicted molar refractivity (Wildman–Crippen MR) is 99.6 cm³/mol. The number of rotatable bonds is 5. The molecule has 6 heteroatoms. The minimum atomic E-state index is -0.923. The zero-order valence-corrected chi connectivity index (χ0v) is 15.5. The van der Waals surface area contributed by atoms with Crippen molar-refractivity contribution >= 4 is 5.97 Å². The Bertz CT molecular complexity index is 850. The number of hydrogen-bond acceptors (Lipinski definition) is 5. The minimum Gasteiger partial charge on any atom is -0.497 e. The number of likely N-dealkylation sites (tertiary alicyclic amines) is 1. The Balaban J connectivity index is 1.61. The fourth-order valence-corrected chi connectivity index (χ4v) is 4.20. The van der Waals surface area contributed by atoms with Gasteiger partial charge in [-0.05, 0) is 23.8 Å². The summed E-state index contributed by atoms with van der Waals surface area (Å²) in [5, 5.41) is 10.0. The highest BCUT2D eigenvalue weighted by molar-refractivity contribution is 5.78. The van der Waals surface area contributed by atoms with Crippen LogP contribution < -0.4 is 14.2 Å². The molecule has 0 amide bonds. The van der Waals surface area contributed by atoms with Crippen molar-refractivity contribution in [1.82, 2.24) is 4.90 Å². The lowest BCUT2D eigenvalue weighted by atomic mass is 9.73. The van der Waals surface area contributed by atoms with Crippen LogP contribution in [0.2, 0.25) is 0 Å². The van der Waals surface area contributed by atoms with E-state index in [0.29, 0.717) is 25.4 Å². The van der Waals surface area contributed by atoms with Crippen LogP contribution in [0, 0.1) is 5.41 Å². The van der Waals surface area contributed by atoms with Crippen LogP contribution in [-0.4, -0.2) is 49.9 Å². The minimum absolute atomic E-state index is 0.108. The molecule has 1 fully saturated rings. The largest absolute Gasteiger partial charge is 0.497 e. The molecule has 2 unspecified atom stereocenters. The number of carboxylic acid groups (broad SMARTS) is 1. The van der Waals surface area contributed by atoms with Crippen LogP contribution in [0.25, 0.3) is 0 Å². The lowest BCUT2D eigenvalue weighted by Crippen LogP contribution is -2.45. The van der Waals surface area contributed by atoms with Gasteiger partial charge in [0.05, 0.1) is 14.2 Å². The Morgan fingerprint density at radius 2 is 1.89 bits per heavy atom. The Morgan fingerprint density at radius 3 is 2.56 bits per heavy atom. The Labute approximate surface area is 158 Å². The lowest BCUT2D eigenvalue weighted by Gasteiger charge is -2.36. The first kappa shape index (κ1) is 17.7. The molecule has 2 heterocycles. The first-order valence-corrected chi connectivity index (χ1v) is 8.95. The van der Waals surface area contributed by atoms with Crippen molar-refractivity contribution in [2.75, 3.05) is 33.9 Å². The number of methoxy groups -OCH3 is 2. The molecule has 6 nitrogen and oxygen atoms in total. The van der Waals surface area contributed by atoms with Gasteiger partial charge in [0, 0.05) is 37.2 Å². The van der Waals surface area contributed by atoms with E-state index in [1.807, 2.05) is 42.5 Å². The first-order valence-electron chi connectivity index (χ1n) is 8.95. The molecule has 0 spiro atoms. The van der Waals surface area contributed by atoms with Gasteiger partial charge in [-0.25, -0.2) is 0 Å². The van der Waals surface area contributed by atoms with Gasteiger partial charge in [0.1, 0.15) is 29.3 Å². The SMILES string of the molecule is COc1ccc(CN2CC3c4ccc(OC)cc4OCC3(C(=O)O)C2)cc1. The molecule has 0 aromatic heterocycles. The summed E-state index contributed by atoms with van der Waals surface area (Å²) in [6.07, 6.45) is 0. The fourth-order valence-electron chi connectivity index (χ4n) is 4.20. The molecule has 0 aliphatic carbocycles. The average Bonchev–Trinajstić information content (AvgIpc) is 3.08. The first-order chi connectivity index (χ1) is 13.1. The maximum Gasteiger partial charge on any atom is 0.315 e. The van der Waals surface area contributed by atoms with E-state index in [9.17, 15) is 9.90 Å². The standard InChI is InChI=1S/C21H23NO5/c1-25-15-5-3-14(4-6-15)10-22-11-18-17-8-7-16(26-2)9-19(17)27-13-21(18,12-22)20(23)24/h3-9,18H,10-13H2,1-2H3,(H,23,24). The number of nitrogens with zero attached hydrogens (tertiary/aromatic N) is 1. The summed E-state index contributed by atoms with van der Waals surface area (Å²) in [5.74, 6) is 1.34. The number of carbonyl (C=O) groups is 1. The van der Waals surface area contributed by atoms with Crippen LogP contribution in [0.4, 0.5) is 0 Å². The summed E-state index contributed by atoms with van der Waals surface area (Å²) in [6.45, 7) is 2.01. The zero-order valence-electron chi connectivity index (χ0n) is 15.5. The van der Waals surface area contributed by atoms with E-state index in [0.717, 1.165) is 22.6 Å². The highest BCUT2D eigenvalue weighted by atomic mass is 16.5. The van der Waals surface area contributed by atoms with Gasteiger partial charge in [0.25, 0.3) is 0 Å². The van der Waals surface area contributed by atoms with Crippen molar-refractivity contribution in [2.45, 2.75) is 12.5 Å². The molecule has 0 bridgehead atoms. The van der Waals surface area contributed by atoms with Gasteiger partial charge < -0.3 is 19.3 Å². The number of hydrogen-bond donors (Lipinski definition) is 1. The van der Waals surface area contributed by atoms with E-state index in [2.05, 4.69) is 4.90 Å². The molecule has 2 atom stereocenters. The van der Waals surface area contributed by atoms with E-state index in [-0.39, 0.29) is 12.5 Å². The third-order valence-corrected chi connectivity index (χ3v) is 5.69. The Kier molecular flexibility index (Phi) is 4.44. The van der Waals surface area contributed by atoms with Gasteiger partial charge in [-0.1, -0.05) is 18.2 Å². The summed E-state index contributed by atoms with van der Waals surface area (Å²) >= 11 is 0. The number of ether oxygens (including phenoxy) is 3. The summed E-state index contributed by atoms with van der Waals surface area (Å²) in [5.41, 5.74) is 1.15. The van der Waals surface area contributed by atoms with E-state index in [1.54, 1.807) is 14.2 Å². The van der Waals surface area contributed by atoms with Crippen LogP contribution in [-0.2, 0) is 11.3 Å². The topological polar surface area (TPSA) is 68.2 Å². The van der Waals surface area contributed by atoms with Crippen molar-refractivity contribution < 1.29 is 24.1 Å².